The number of hydrogen-bond acceptors (Lipinski definition) is 9. The van der Waals surface area contributed by atoms with E-state index in [2.05, 4.69) is 36.5 Å². The molecular formula is C23H22F4N6O3S. The number of nitrogens with zero attached hydrogens (tertiary/aromatic N) is 4. The summed E-state index contributed by atoms with van der Waals surface area (Å²) in [6.45, 7) is 0. The Kier molecular flexibility index (Phi) is 7.97. The fraction of sp³-hybridized carbons (Fsp3) is 0.348. The molecule has 1 aliphatic rings. The van der Waals surface area contributed by atoms with Crippen LogP contribution in [-0.4, -0.2) is 39.8 Å². The van der Waals surface area contributed by atoms with Crippen molar-refractivity contribution in [2.24, 2.45) is 5.92 Å². The van der Waals surface area contributed by atoms with Gasteiger partial charge >= 0.3 is 6.36 Å². The lowest BCUT2D eigenvalue weighted by molar-refractivity contribution is -0.274. The van der Waals surface area contributed by atoms with Crippen LogP contribution in [0.4, 0.5) is 28.5 Å². The summed E-state index contributed by atoms with van der Waals surface area (Å²) in [7, 11) is 1.13. The van der Waals surface area contributed by atoms with Crippen molar-refractivity contribution < 1.29 is 31.8 Å². The van der Waals surface area contributed by atoms with Crippen LogP contribution in [0.1, 0.15) is 41.6 Å². The Morgan fingerprint density at radius 3 is 2.68 bits per heavy atom. The third-order valence-corrected chi connectivity index (χ3v) is 6.51. The molecule has 3 aromatic rings. The van der Waals surface area contributed by atoms with Gasteiger partial charge in [0.25, 0.3) is 5.91 Å². The van der Waals surface area contributed by atoms with Gasteiger partial charge in [-0.3, -0.25) is 10.1 Å². The SMILES string of the molecule is CO[C@@H](C(=O)Nc1nnc(C[C@@H]2CC=C(c3ccc(N)nn3)CC2)s1)c1cc(OC(F)(F)F)ccc1F. The summed E-state index contributed by atoms with van der Waals surface area (Å²) in [6, 6.07) is 5.89. The summed E-state index contributed by atoms with van der Waals surface area (Å²) in [5.41, 5.74) is 7.08. The molecule has 1 aromatic carbocycles. The van der Waals surface area contributed by atoms with Crippen LogP contribution < -0.4 is 15.8 Å². The molecule has 14 heteroatoms. The van der Waals surface area contributed by atoms with Gasteiger partial charge in [0.2, 0.25) is 5.13 Å². The zero-order valence-corrected chi connectivity index (χ0v) is 20.3. The normalized spacial score (nSPS) is 16.7. The van der Waals surface area contributed by atoms with Crippen LogP contribution in [-0.2, 0) is 16.0 Å². The number of ether oxygens (including phenoxy) is 2. The number of alkyl halides is 3. The number of benzene rings is 1. The Hall–Kier alpha value is -3.65. The lowest BCUT2D eigenvalue weighted by Gasteiger charge is -2.20. The van der Waals surface area contributed by atoms with E-state index in [9.17, 15) is 22.4 Å². The van der Waals surface area contributed by atoms with Gasteiger partial charge in [-0.05, 0) is 61.1 Å². The smallest absolute Gasteiger partial charge is 0.406 e. The molecule has 0 bridgehead atoms. The number of nitrogen functional groups attached to an aromatic ring is 1. The largest absolute Gasteiger partial charge is 0.573 e. The number of aromatic nitrogens is 4. The number of nitrogens with one attached hydrogen (secondary N) is 1. The highest BCUT2D eigenvalue weighted by Gasteiger charge is 2.32. The molecule has 0 spiro atoms. The Balaban J connectivity index is 1.37. The molecule has 1 aliphatic carbocycles. The van der Waals surface area contributed by atoms with E-state index in [4.69, 9.17) is 10.5 Å². The Morgan fingerprint density at radius 2 is 2.03 bits per heavy atom. The van der Waals surface area contributed by atoms with Crippen LogP contribution >= 0.6 is 11.3 Å². The molecule has 4 rings (SSSR count). The van der Waals surface area contributed by atoms with Gasteiger partial charge in [-0.15, -0.1) is 33.6 Å². The van der Waals surface area contributed by atoms with Gasteiger partial charge in [0.05, 0.1) is 5.69 Å². The number of carbonyl (C=O) groups is 1. The van der Waals surface area contributed by atoms with E-state index < -0.39 is 35.5 Å². The first-order chi connectivity index (χ1) is 17.6. The number of methoxy groups -OCH3 is 1. The number of anilines is 2. The highest BCUT2D eigenvalue weighted by molar-refractivity contribution is 7.15. The van der Waals surface area contributed by atoms with Crippen molar-refractivity contribution in [3.8, 4) is 5.75 Å². The number of nitrogens with two attached hydrogens (primary N) is 1. The van der Waals surface area contributed by atoms with Gasteiger partial charge in [-0.2, -0.15) is 0 Å². The van der Waals surface area contributed by atoms with Crippen LogP contribution in [0.25, 0.3) is 5.57 Å². The molecule has 2 atom stereocenters. The predicted octanol–water partition coefficient (Wildman–Crippen LogP) is 4.70. The molecule has 1 amide bonds. The lowest BCUT2D eigenvalue weighted by Crippen LogP contribution is -2.24. The second-order valence-corrected chi connectivity index (χ2v) is 9.32. The number of halogens is 4. The first-order valence-corrected chi connectivity index (χ1v) is 11.9. The predicted molar refractivity (Wildman–Crippen MR) is 127 cm³/mol. The van der Waals surface area contributed by atoms with E-state index in [0.717, 1.165) is 67.2 Å². The molecule has 0 radical (unpaired) electrons. The molecule has 2 aromatic heterocycles. The van der Waals surface area contributed by atoms with Crippen molar-refractivity contribution in [2.45, 2.75) is 38.1 Å². The minimum Gasteiger partial charge on any atom is -0.406 e. The van der Waals surface area contributed by atoms with Crippen LogP contribution in [0.5, 0.6) is 5.75 Å². The first kappa shape index (κ1) is 26.4. The second-order valence-electron chi connectivity index (χ2n) is 8.25. The summed E-state index contributed by atoms with van der Waals surface area (Å²) in [5, 5.41) is 19.4. The second kappa shape index (κ2) is 11.2. The number of hydrogen-bond donors (Lipinski definition) is 2. The van der Waals surface area contributed by atoms with Crippen molar-refractivity contribution in [3.05, 3.63) is 58.5 Å². The van der Waals surface area contributed by atoms with Gasteiger partial charge in [0.1, 0.15) is 22.4 Å². The summed E-state index contributed by atoms with van der Waals surface area (Å²) in [6.07, 6.45) is -1.21. The van der Waals surface area contributed by atoms with E-state index in [1.807, 2.05) is 6.07 Å². The molecule has 0 aliphatic heterocycles. The molecule has 2 heterocycles. The maximum atomic E-state index is 14.3. The van der Waals surface area contributed by atoms with E-state index in [-0.39, 0.29) is 5.13 Å². The number of allylic oxidation sites excluding steroid dienone is 2. The average molecular weight is 539 g/mol. The molecular weight excluding hydrogens is 516 g/mol. The minimum atomic E-state index is -4.97. The van der Waals surface area contributed by atoms with Crippen molar-refractivity contribution in [1.82, 2.24) is 20.4 Å². The fourth-order valence-corrected chi connectivity index (χ4v) is 4.78. The maximum Gasteiger partial charge on any atom is 0.573 e. The van der Waals surface area contributed by atoms with E-state index in [0.29, 0.717) is 23.2 Å². The highest BCUT2D eigenvalue weighted by Crippen LogP contribution is 2.33. The maximum absolute atomic E-state index is 14.3. The molecule has 0 unspecified atom stereocenters. The summed E-state index contributed by atoms with van der Waals surface area (Å²) in [5.74, 6) is -1.74. The molecule has 0 saturated carbocycles. The summed E-state index contributed by atoms with van der Waals surface area (Å²) in [4.78, 5) is 12.7. The summed E-state index contributed by atoms with van der Waals surface area (Å²) >= 11 is 1.16. The molecule has 0 saturated heterocycles. The zero-order valence-electron chi connectivity index (χ0n) is 19.5. The molecule has 196 valence electrons. The Bertz CT molecular complexity index is 1280. The van der Waals surface area contributed by atoms with Crippen LogP contribution in [0, 0.1) is 11.7 Å². The molecule has 3 N–H and O–H groups in total. The standard InChI is InChI=1S/C23H22F4N6O3S/c1-35-20(15-11-14(6-7-16(15)24)36-23(25,26)27)21(34)29-22-33-32-19(37-22)10-12-2-4-13(5-3-12)17-8-9-18(28)31-30-17/h4,6-9,11-12,20H,2-3,5,10H2,1H3,(H2,28,31)(H,29,33,34)/t12-,20-/m1/s1. The third kappa shape index (κ3) is 6.98. The minimum absolute atomic E-state index is 0.161. The van der Waals surface area contributed by atoms with Crippen molar-refractivity contribution in [1.29, 1.82) is 0 Å². The Morgan fingerprint density at radius 1 is 1.22 bits per heavy atom. The number of carbonyl (C=O) groups excluding carboxylic acids is 1. The first-order valence-electron chi connectivity index (χ1n) is 11.1. The van der Waals surface area contributed by atoms with E-state index in [1.165, 1.54) is 0 Å². The van der Waals surface area contributed by atoms with Crippen LogP contribution in [0.15, 0.2) is 36.4 Å². The van der Waals surface area contributed by atoms with Crippen molar-refractivity contribution in [2.75, 3.05) is 18.2 Å². The van der Waals surface area contributed by atoms with Gasteiger partial charge in [0, 0.05) is 19.1 Å². The quantitative estimate of drug-likeness (QED) is 0.396. The lowest BCUT2D eigenvalue weighted by atomic mass is 9.86. The fourth-order valence-electron chi connectivity index (χ4n) is 3.92. The van der Waals surface area contributed by atoms with Crippen LogP contribution in [0.3, 0.4) is 0 Å². The molecule has 37 heavy (non-hydrogen) atoms. The van der Waals surface area contributed by atoms with Gasteiger partial charge in [-0.1, -0.05) is 17.4 Å². The topological polar surface area (TPSA) is 125 Å². The number of amides is 1. The van der Waals surface area contributed by atoms with Crippen LogP contribution in [0.2, 0.25) is 0 Å². The van der Waals surface area contributed by atoms with E-state index >= 15 is 0 Å². The Labute approximate surface area is 212 Å². The average Bonchev–Trinajstić information content (AvgIpc) is 3.28. The van der Waals surface area contributed by atoms with Crippen molar-refractivity contribution >= 4 is 33.8 Å². The summed E-state index contributed by atoms with van der Waals surface area (Å²) < 4.78 is 60.8. The highest BCUT2D eigenvalue weighted by atomic mass is 32.1. The van der Waals surface area contributed by atoms with Gasteiger partial charge in [-0.25, -0.2) is 4.39 Å². The van der Waals surface area contributed by atoms with Gasteiger partial charge in [0.15, 0.2) is 6.10 Å². The van der Waals surface area contributed by atoms with Gasteiger partial charge < -0.3 is 15.2 Å². The van der Waals surface area contributed by atoms with E-state index in [1.54, 1.807) is 6.07 Å². The number of rotatable bonds is 8. The molecule has 9 nitrogen and oxygen atoms in total. The third-order valence-electron chi connectivity index (χ3n) is 5.65. The zero-order chi connectivity index (χ0) is 26.6. The monoisotopic (exact) mass is 538 g/mol. The molecule has 0 fully saturated rings. The van der Waals surface area contributed by atoms with Crippen molar-refractivity contribution in [3.63, 3.8) is 0 Å².